The Bertz CT molecular complexity index is 192. The monoisotopic (exact) mass is 199 g/mol. The quantitative estimate of drug-likeness (QED) is 0.731. The van der Waals surface area contributed by atoms with Crippen molar-refractivity contribution in [2.45, 2.75) is 38.8 Å². The zero-order chi connectivity index (χ0) is 10.4. The summed E-state index contributed by atoms with van der Waals surface area (Å²) >= 11 is 0. The van der Waals surface area contributed by atoms with Gasteiger partial charge in [-0.1, -0.05) is 0 Å². The van der Waals surface area contributed by atoms with Crippen LogP contribution in [0.5, 0.6) is 0 Å². The fraction of sp³-hybridized carbons (Fsp3) is 0.818. The molecule has 0 aromatic rings. The van der Waals surface area contributed by atoms with Crippen LogP contribution in [0.2, 0.25) is 0 Å². The van der Waals surface area contributed by atoms with Gasteiger partial charge in [0.15, 0.2) is 0 Å². The second kappa shape index (κ2) is 6.04. The van der Waals surface area contributed by atoms with Gasteiger partial charge in [-0.15, -0.1) is 0 Å². The topological polar surface area (TPSA) is 30.5 Å². The van der Waals surface area contributed by atoms with Gasteiger partial charge in [-0.2, -0.15) is 0 Å². The summed E-state index contributed by atoms with van der Waals surface area (Å²) in [6.45, 7) is 5.66. The first-order chi connectivity index (χ1) is 6.79. The maximum atomic E-state index is 5.62. The summed E-state index contributed by atoms with van der Waals surface area (Å²) in [5, 5.41) is 3.24. The molecule has 0 aromatic carbocycles. The lowest BCUT2D eigenvalue weighted by Gasteiger charge is -2.27. The molecule has 0 spiro atoms. The van der Waals surface area contributed by atoms with Crippen LogP contribution in [0.4, 0.5) is 0 Å². The molecule has 0 bridgehead atoms. The SMILES string of the molecule is CCOC(C)C(NC)C1=CCCCO1. The van der Waals surface area contributed by atoms with E-state index in [4.69, 9.17) is 9.47 Å². The Morgan fingerprint density at radius 3 is 2.93 bits per heavy atom. The molecular weight excluding hydrogens is 178 g/mol. The van der Waals surface area contributed by atoms with Gasteiger partial charge in [0.1, 0.15) is 5.76 Å². The number of hydrogen-bond acceptors (Lipinski definition) is 3. The molecule has 0 aliphatic carbocycles. The maximum absolute atomic E-state index is 5.62. The number of rotatable bonds is 5. The van der Waals surface area contributed by atoms with E-state index in [2.05, 4.69) is 18.3 Å². The molecule has 0 amide bonds. The highest BCUT2D eigenvalue weighted by atomic mass is 16.5. The maximum Gasteiger partial charge on any atom is 0.112 e. The van der Waals surface area contributed by atoms with E-state index < -0.39 is 0 Å². The molecule has 1 heterocycles. The van der Waals surface area contributed by atoms with Crippen molar-refractivity contribution in [1.29, 1.82) is 0 Å². The van der Waals surface area contributed by atoms with Gasteiger partial charge < -0.3 is 14.8 Å². The predicted octanol–water partition coefficient (Wildman–Crippen LogP) is 1.69. The Kier molecular flexibility index (Phi) is 4.98. The summed E-state index contributed by atoms with van der Waals surface area (Å²) in [5.74, 6) is 1.04. The molecule has 14 heavy (non-hydrogen) atoms. The van der Waals surface area contributed by atoms with Crippen molar-refractivity contribution in [2.24, 2.45) is 0 Å². The largest absolute Gasteiger partial charge is 0.496 e. The van der Waals surface area contributed by atoms with Crippen molar-refractivity contribution in [1.82, 2.24) is 5.32 Å². The van der Waals surface area contributed by atoms with E-state index in [1.54, 1.807) is 0 Å². The first-order valence-electron chi connectivity index (χ1n) is 5.41. The Balaban J connectivity index is 2.55. The van der Waals surface area contributed by atoms with Crippen molar-refractivity contribution >= 4 is 0 Å². The van der Waals surface area contributed by atoms with E-state index in [0.29, 0.717) is 0 Å². The van der Waals surface area contributed by atoms with E-state index in [1.165, 1.54) is 0 Å². The first-order valence-corrected chi connectivity index (χ1v) is 5.41. The molecule has 82 valence electrons. The smallest absolute Gasteiger partial charge is 0.112 e. The minimum atomic E-state index is 0.161. The summed E-state index contributed by atoms with van der Waals surface area (Å²) in [5.41, 5.74) is 0. The van der Waals surface area contributed by atoms with Crippen LogP contribution in [0.15, 0.2) is 11.8 Å². The second-order valence-corrected chi connectivity index (χ2v) is 3.52. The molecule has 0 saturated heterocycles. The summed E-state index contributed by atoms with van der Waals surface area (Å²) in [7, 11) is 1.94. The van der Waals surface area contributed by atoms with Crippen LogP contribution in [0.25, 0.3) is 0 Å². The van der Waals surface area contributed by atoms with Crippen LogP contribution >= 0.6 is 0 Å². The second-order valence-electron chi connectivity index (χ2n) is 3.52. The Morgan fingerprint density at radius 2 is 2.43 bits per heavy atom. The lowest BCUT2D eigenvalue weighted by Crippen LogP contribution is -2.40. The third-order valence-corrected chi connectivity index (χ3v) is 2.48. The van der Waals surface area contributed by atoms with Gasteiger partial charge in [0.05, 0.1) is 18.8 Å². The van der Waals surface area contributed by atoms with Crippen molar-refractivity contribution in [2.75, 3.05) is 20.3 Å². The number of likely N-dealkylation sites (N-methyl/N-ethyl adjacent to an activating group) is 1. The third-order valence-electron chi connectivity index (χ3n) is 2.48. The van der Waals surface area contributed by atoms with E-state index in [9.17, 15) is 0 Å². The van der Waals surface area contributed by atoms with Crippen molar-refractivity contribution in [3.05, 3.63) is 11.8 Å². The molecule has 1 aliphatic heterocycles. The molecule has 0 aromatic heterocycles. The summed E-state index contributed by atoms with van der Waals surface area (Å²) in [4.78, 5) is 0. The molecule has 0 fully saturated rings. The molecule has 3 nitrogen and oxygen atoms in total. The lowest BCUT2D eigenvalue weighted by molar-refractivity contribution is 0.0365. The minimum Gasteiger partial charge on any atom is -0.496 e. The zero-order valence-electron chi connectivity index (χ0n) is 9.38. The molecule has 0 radical (unpaired) electrons. The van der Waals surface area contributed by atoms with Gasteiger partial charge >= 0.3 is 0 Å². The fourth-order valence-corrected chi connectivity index (χ4v) is 1.76. The standard InChI is InChI=1S/C11H21NO2/c1-4-13-9(2)11(12-3)10-7-5-6-8-14-10/h7,9,11-12H,4-6,8H2,1-3H3. The Hall–Kier alpha value is -0.540. The van der Waals surface area contributed by atoms with E-state index in [0.717, 1.165) is 31.8 Å². The number of ether oxygens (including phenoxy) is 2. The number of nitrogens with one attached hydrogen (secondary N) is 1. The highest BCUT2D eigenvalue weighted by Gasteiger charge is 2.22. The number of allylic oxidation sites excluding steroid dienone is 1. The third kappa shape index (κ3) is 3.00. The summed E-state index contributed by atoms with van der Waals surface area (Å²) in [6, 6.07) is 0.190. The van der Waals surface area contributed by atoms with Crippen LogP contribution in [-0.2, 0) is 9.47 Å². The molecule has 1 aliphatic rings. The molecule has 3 heteroatoms. The van der Waals surface area contributed by atoms with Gasteiger partial charge in [-0.25, -0.2) is 0 Å². The van der Waals surface area contributed by atoms with Crippen LogP contribution in [0, 0.1) is 0 Å². The summed E-state index contributed by atoms with van der Waals surface area (Å²) < 4.78 is 11.2. The Morgan fingerprint density at radius 1 is 1.64 bits per heavy atom. The van der Waals surface area contributed by atoms with Crippen LogP contribution in [0.3, 0.4) is 0 Å². The van der Waals surface area contributed by atoms with Gasteiger partial charge in [0, 0.05) is 6.61 Å². The molecule has 1 N–H and O–H groups in total. The Labute approximate surface area is 86.5 Å². The minimum absolute atomic E-state index is 0.161. The van der Waals surface area contributed by atoms with Crippen LogP contribution in [0.1, 0.15) is 26.7 Å². The van der Waals surface area contributed by atoms with Gasteiger partial charge in [-0.3, -0.25) is 0 Å². The van der Waals surface area contributed by atoms with Crippen molar-refractivity contribution in [3.8, 4) is 0 Å². The molecule has 2 atom stereocenters. The normalized spacial score (nSPS) is 20.9. The van der Waals surface area contributed by atoms with Crippen molar-refractivity contribution < 1.29 is 9.47 Å². The highest BCUT2D eigenvalue weighted by molar-refractivity contribution is 5.07. The first kappa shape index (κ1) is 11.5. The highest BCUT2D eigenvalue weighted by Crippen LogP contribution is 2.17. The molecular formula is C11H21NO2. The van der Waals surface area contributed by atoms with E-state index in [-0.39, 0.29) is 12.1 Å². The summed E-state index contributed by atoms with van der Waals surface area (Å²) in [6.07, 6.45) is 4.57. The molecule has 1 rings (SSSR count). The van der Waals surface area contributed by atoms with Crippen LogP contribution < -0.4 is 5.32 Å². The number of hydrogen-bond donors (Lipinski definition) is 1. The van der Waals surface area contributed by atoms with Gasteiger partial charge in [-0.05, 0) is 39.8 Å². The lowest BCUT2D eigenvalue weighted by atomic mass is 10.1. The van der Waals surface area contributed by atoms with Crippen molar-refractivity contribution in [3.63, 3.8) is 0 Å². The van der Waals surface area contributed by atoms with E-state index >= 15 is 0 Å². The molecule has 0 saturated carbocycles. The van der Waals surface area contributed by atoms with E-state index in [1.807, 2.05) is 14.0 Å². The zero-order valence-corrected chi connectivity index (χ0v) is 9.38. The fourth-order valence-electron chi connectivity index (χ4n) is 1.76. The van der Waals surface area contributed by atoms with Crippen LogP contribution in [-0.4, -0.2) is 32.4 Å². The van der Waals surface area contributed by atoms with Gasteiger partial charge in [0.25, 0.3) is 0 Å². The average Bonchev–Trinajstić information content (AvgIpc) is 2.21. The molecule has 2 unspecified atom stereocenters. The average molecular weight is 199 g/mol. The van der Waals surface area contributed by atoms with Gasteiger partial charge in [0.2, 0.25) is 0 Å². The predicted molar refractivity (Wildman–Crippen MR) is 57.2 cm³/mol.